The van der Waals surface area contributed by atoms with Crippen LogP contribution in [0.1, 0.15) is 18.0 Å². The molecule has 0 aliphatic carbocycles. The van der Waals surface area contributed by atoms with E-state index in [4.69, 9.17) is 28.9 Å². The lowest BCUT2D eigenvalue weighted by Crippen LogP contribution is -2.29. The lowest BCUT2D eigenvalue weighted by atomic mass is 10.1. The van der Waals surface area contributed by atoms with Crippen LogP contribution in [0.25, 0.3) is 0 Å². The number of hydrogen-bond donors (Lipinski definition) is 2. The lowest BCUT2D eigenvalue weighted by Gasteiger charge is -2.18. The normalized spacial score (nSPS) is 12.4. The van der Waals surface area contributed by atoms with Gasteiger partial charge < -0.3 is 11.1 Å². The summed E-state index contributed by atoms with van der Waals surface area (Å²) in [7, 11) is 0. The molecule has 1 atom stereocenters. The van der Waals surface area contributed by atoms with Crippen molar-refractivity contribution in [2.45, 2.75) is 12.5 Å². The van der Waals surface area contributed by atoms with Crippen molar-refractivity contribution in [1.29, 1.82) is 0 Å². The Morgan fingerprint density at radius 2 is 2.19 bits per heavy atom. The minimum Gasteiger partial charge on any atom is -0.329 e. The average molecular weight is 259 g/mol. The fourth-order valence-corrected chi connectivity index (χ4v) is 1.89. The third-order valence-corrected chi connectivity index (χ3v) is 2.89. The van der Waals surface area contributed by atoms with Gasteiger partial charge in [-0.2, -0.15) is 0 Å². The van der Waals surface area contributed by atoms with Crippen molar-refractivity contribution in [3.8, 4) is 0 Å². The van der Waals surface area contributed by atoms with Crippen LogP contribution >= 0.6 is 23.2 Å². The van der Waals surface area contributed by atoms with Crippen LogP contribution in [-0.2, 0) is 0 Å². The minimum absolute atomic E-state index is 0.0335. The zero-order chi connectivity index (χ0) is 12.0. The van der Waals surface area contributed by atoms with E-state index in [1.807, 2.05) is 12.1 Å². The molecule has 0 heterocycles. The fraction of sp³-hybridized carbons (Fsp3) is 0.333. The molecule has 1 aromatic carbocycles. The molecule has 1 rings (SSSR count). The number of nitrogens with two attached hydrogens (primary N) is 1. The molecule has 4 heteroatoms. The summed E-state index contributed by atoms with van der Waals surface area (Å²) in [5.74, 6) is 0. The van der Waals surface area contributed by atoms with Gasteiger partial charge in [0.15, 0.2) is 0 Å². The largest absolute Gasteiger partial charge is 0.329 e. The first-order valence-corrected chi connectivity index (χ1v) is 5.94. The Balaban J connectivity index is 2.77. The van der Waals surface area contributed by atoms with Gasteiger partial charge in [-0.05, 0) is 36.7 Å². The standard InChI is InChI=1S/C12H16Cl2N2/c1-2-3-6-16-12(8-15)10-7-9(13)4-5-11(10)14/h2,4-5,7,12,16H,1,3,6,8,15H2. The summed E-state index contributed by atoms with van der Waals surface area (Å²) in [5, 5.41) is 4.67. The summed E-state index contributed by atoms with van der Waals surface area (Å²) in [6.07, 6.45) is 2.76. The summed E-state index contributed by atoms with van der Waals surface area (Å²) in [4.78, 5) is 0. The van der Waals surface area contributed by atoms with E-state index in [0.29, 0.717) is 16.6 Å². The van der Waals surface area contributed by atoms with Crippen molar-refractivity contribution < 1.29 is 0 Å². The molecule has 0 spiro atoms. The van der Waals surface area contributed by atoms with Crippen LogP contribution in [0.2, 0.25) is 10.0 Å². The van der Waals surface area contributed by atoms with Gasteiger partial charge in [-0.15, -0.1) is 6.58 Å². The number of nitrogens with one attached hydrogen (secondary N) is 1. The molecule has 0 saturated carbocycles. The van der Waals surface area contributed by atoms with Gasteiger partial charge in [-0.3, -0.25) is 0 Å². The average Bonchev–Trinajstić information content (AvgIpc) is 2.28. The van der Waals surface area contributed by atoms with Gasteiger partial charge in [0, 0.05) is 22.6 Å². The second kappa shape index (κ2) is 6.92. The van der Waals surface area contributed by atoms with Crippen LogP contribution < -0.4 is 11.1 Å². The van der Waals surface area contributed by atoms with Crippen molar-refractivity contribution in [3.05, 3.63) is 46.5 Å². The van der Waals surface area contributed by atoms with Gasteiger partial charge in [0.05, 0.1) is 0 Å². The van der Waals surface area contributed by atoms with Gasteiger partial charge in [0.2, 0.25) is 0 Å². The molecule has 0 aromatic heterocycles. The zero-order valence-corrected chi connectivity index (χ0v) is 10.6. The monoisotopic (exact) mass is 258 g/mol. The smallest absolute Gasteiger partial charge is 0.0460 e. The first kappa shape index (κ1) is 13.5. The van der Waals surface area contributed by atoms with Crippen LogP contribution in [-0.4, -0.2) is 13.1 Å². The van der Waals surface area contributed by atoms with E-state index in [1.165, 1.54) is 0 Å². The van der Waals surface area contributed by atoms with Gasteiger partial charge in [-0.25, -0.2) is 0 Å². The van der Waals surface area contributed by atoms with Crippen LogP contribution in [0.15, 0.2) is 30.9 Å². The van der Waals surface area contributed by atoms with Crippen molar-refractivity contribution in [3.63, 3.8) is 0 Å². The molecule has 16 heavy (non-hydrogen) atoms. The molecule has 0 aliphatic heterocycles. The summed E-state index contributed by atoms with van der Waals surface area (Å²) < 4.78 is 0. The van der Waals surface area contributed by atoms with Gasteiger partial charge in [-0.1, -0.05) is 29.3 Å². The van der Waals surface area contributed by atoms with Crippen LogP contribution in [0.4, 0.5) is 0 Å². The maximum absolute atomic E-state index is 6.11. The first-order chi connectivity index (χ1) is 7.69. The number of benzene rings is 1. The Bertz CT molecular complexity index is 353. The van der Waals surface area contributed by atoms with Crippen molar-refractivity contribution in [2.24, 2.45) is 5.73 Å². The molecule has 0 aliphatic rings. The Morgan fingerprint density at radius 1 is 1.44 bits per heavy atom. The molecule has 1 unspecified atom stereocenters. The Kier molecular flexibility index (Phi) is 5.85. The predicted octanol–water partition coefficient (Wildman–Crippen LogP) is 3.16. The summed E-state index contributed by atoms with van der Waals surface area (Å²) in [5.41, 5.74) is 6.66. The second-order valence-corrected chi connectivity index (χ2v) is 4.33. The van der Waals surface area contributed by atoms with Crippen molar-refractivity contribution in [1.82, 2.24) is 5.32 Å². The molecule has 0 bridgehead atoms. The molecule has 0 amide bonds. The van der Waals surface area contributed by atoms with E-state index in [9.17, 15) is 0 Å². The molecule has 1 aromatic rings. The van der Waals surface area contributed by atoms with E-state index < -0.39 is 0 Å². The topological polar surface area (TPSA) is 38.0 Å². The van der Waals surface area contributed by atoms with Crippen LogP contribution in [0.3, 0.4) is 0 Å². The maximum Gasteiger partial charge on any atom is 0.0460 e. The van der Waals surface area contributed by atoms with E-state index in [-0.39, 0.29) is 6.04 Å². The summed E-state index contributed by atoms with van der Waals surface area (Å²) in [6, 6.07) is 5.44. The highest BCUT2D eigenvalue weighted by Crippen LogP contribution is 2.25. The quantitative estimate of drug-likeness (QED) is 0.608. The van der Waals surface area contributed by atoms with E-state index >= 15 is 0 Å². The molecular formula is C12H16Cl2N2. The Hall–Kier alpha value is -0.540. The van der Waals surface area contributed by atoms with Crippen LogP contribution in [0, 0.1) is 0 Å². The predicted molar refractivity (Wildman–Crippen MR) is 71.1 cm³/mol. The molecule has 0 fully saturated rings. The highest BCUT2D eigenvalue weighted by Gasteiger charge is 2.12. The third-order valence-electron chi connectivity index (χ3n) is 2.31. The van der Waals surface area contributed by atoms with Crippen LogP contribution in [0.5, 0.6) is 0 Å². The summed E-state index contributed by atoms with van der Waals surface area (Å²) >= 11 is 12.0. The second-order valence-electron chi connectivity index (χ2n) is 3.49. The summed E-state index contributed by atoms with van der Waals surface area (Å²) in [6.45, 7) is 4.98. The highest BCUT2D eigenvalue weighted by atomic mass is 35.5. The first-order valence-electron chi connectivity index (χ1n) is 5.18. The number of halogens is 2. The molecule has 88 valence electrons. The highest BCUT2D eigenvalue weighted by molar-refractivity contribution is 6.33. The van der Waals surface area contributed by atoms with Gasteiger partial charge in [0.25, 0.3) is 0 Å². The van der Waals surface area contributed by atoms with Crippen molar-refractivity contribution >= 4 is 23.2 Å². The van der Waals surface area contributed by atoms with Crippen molar-refractivity contribution in [2.75, 3.05) is 13.1 Å². The van der Waals surface area contributed by atoms with Gasteiger partial charge >= 0.3 is 0 Å². The SMILES string of the molecule is C=CCCNC(CN)c1cc(Cl)ccc1Cl. The molecular weight excluding hydrogens is 243 g/mol. The molecule has 2 nitrogen and oxygen atoms in total. The molecule has 0 radical (unpaired) electrons. The Morgan fingerprint density at radius 3 is 2.81 bits per heavy atom. The minimum atomic E-state index is 0.0335. The zero-order valence-electron chi connectivity index (χ0n) is 9.05. The number of hydrogen-bond acceptors (Lipinski definition) is 2. The molecule has 3 N–H and O–H groups in total. The van der Waals surface area contributed by atoms with E-state index in [1.54, 1.807) is 12.1 Å². The van der Waals surface area contributed by atoms with E-state index in [2.05, 4.69) is 11.9 Å². The molecule has 0 saturated heterocycles. The number of rotatable bonds is 6. The van der Waals surface area contributed by atoms with E-state index in [0.717, 1.165) is 18.5 Å². The fourth-order valence-electron chi connectivity index (χ4n) is 1.46. The Labute approximate surface area is 106 Å². The third kappa shape index (κ3) is 3.80. The lowest BCUT2D eigenvalue weighted by molar-refractivity contribution is 0.548. The van der Waals surface area contributed by atoms with Gasteiger partial charge in [0.1, 0.15) is 0 Å². The maximum atomic E-state index is 6.11.